The number of nitriles is 1. The number of nitrogens with one attached hydrogen (secondary N) is 1. The highest BCUT2D eigenvalue weighted by Gasteiger charge is 2.43. The van der Waals surface area contributed by atoms with E-state index in [9.17, 15) is 22.8 Å². The lowest BCUT2D eigenvalue weighted by molar-refractivity contribution is -0.162. The van der Waals surface area contributed by atoms with Crippen molar-refractivity contribution in [2.24, 2.45) is 5.92 Å². The quantitative estimate of drug-likeness (QED) is 0.443. The van der Waals surface area contributed by atoms with Crippen LogP contribution in [0.15, 0.2) is 24.3 Å². The molecule has 2 atom stereocenters. The van der Waals surface area contributed by atoms with Crippen molar-refractivity contribution in [3.8, 4) is 6.19 Å². The number of benzene rings is 1. The number of methoxy groups -OCH3 is 1. The lowest BCUT2D eigenvalue weighted by Crippen LogP contribution is -2.49. The predicted molar refractivity (Wildman–Crippen MR) is 91.3 cm³/mol. The molecule has 0 aromatic heterocycles. The zero-order chi connectivity index (χ0) is 20.8. The van der Waals surface area contributed by atoms with Crippen LogP contribution in [0.1, 0.15) is 42.2 Å². The molecule has 1 rings (SSSR count). The third-order valence-corrected chi connectivity index (χ3v) is 3.85. The average Bonchev–Trinajstić information content (AvgIpc) is 2.61. The number of hydrogen-bond donors (Lipinski definition) is 1. The van der Waals surface area contributed by atoms with E-state index in [1.807, 2.05) is 0 Å². The molecular formula is C18H22F3N3O3. The van der Waals surface area contributed by atoms with Crippen molar-refractivity contribution in [2.75, 3.05) is 14.2 Å². The lowest BCUT2D eigenvalue weighted by Gasteiger charge is -2.29. The van der Waals surface area contributed by atoms with Gasteiger partial charge in [0.1, 0.15) is 6.04 Å². The van der Waals surface area contributed by atoms with Gasteiger partial charge in [-0.25, -0.2) is 4.79 Å². The van der Waals surface area contributed by atoms with E-state index in [1.165, 1.54) is 26.3 Å². The molecule has 0 aliphatic rings. The van der Waals surface area contributed by atoms with Gasteiger partial charge < -0.3 is 4.74 Å². The fraction of sp³-hybridized carbons (Fsp3) is 0.500. The monoisotopic (exact) mass is 385 g/mol. The Bertz CT molecular complexity index is 697. The normalized spacial score (nSPS) is 13.6. The van der Waals surface area contributed by atoms with Crippen LogP contribution in [-0.2, 0) is 9.53 Å². The fourth-order valence-corrected chi connectivity index (χ4v) is 2.50. The number of nitrogens with zero attached hydrogens (tertiary/aromatic N) is 2. The van der Waals surface area contributed by atoms with Crippen LogP contribution in [-0.4, -0.2) is 43.2 Å². The Balaban J connectivity index is 3.20. The minimum Gasteiger partial charge on any atom is -0.465 e. The maximum atomic E-state index is 13.6. The average molecular weight is 385 g/mol. The number of halogens is 3. The zero-order valence-electron chi connectivity index (χ0n) is 15.5. The summed E-state index contributed by atoms with van der Waals surface area (Å²) in [5.74, 6) is -1.48. The van der Waals surface area contributed by atoms with Gasteiger partial charge in [-0.2, -0.15) is 18.4 Å². The van der Waals surface area contributed by atoms with Crippen LogP contribution in [0.5, 0.6) is 0 Å². The van der Waals surface area contributed by atoms with Crippen molar-refractivity contribution in [2.45, 2.75) is 38.5 Å². The highest BCUT2D eigenvalue weighted by atomic mass is 19.4. The molecule has 9 heteroatoms. The second-order valence-electron chi connectivity index (χ2n) is 6.43. The first-order chi connectivity index (χ1) is 12.5. The molecule has 0 saturated heterocycles. The Hall–Kier alpha value is -2.60. The number of carbonyl (C=O) groups is 2. The molecule has 1 N–H and O–H groups in total. The summed E-state index contributed by atoms with van der Waals surface area (Å²) in [5.41, 5.74) is -0.0440. The third-order valence-electron chi connectivity index (χ3n) is 3.85. The summed E-state index contributed by atoms with van der Waals surface area (Å²) >= 11 is 0. The van der Waals surface area contributed by atoms with Crippen molar-refractivity contribution in [1.29, 1.82) is 5.26 Å². The maximum Gasteiger partial charge on any atom is 0.407 e. The number of likely N-dealkylation sites (N-methyl/N-ethyl adjacent to an activating group) is 1. The molecule has 2 unspecified atom stereocenters. The van der Waals surface area contributed by atoms with Gasteiger partial charge in [-0.3, -0.25) is 15.0 Å². The van der Waals surface area contributed by atoms with E-state index in [0.29, 0.717) is 4.90 Å². The molecule has 0 aliphatic carbocycles. The minimum atomic E-state index is -4.69. The smallest absolute Gasteiger partial charge is 0.407 e. The van der Waals surface area contributed by atoms with E-state index in [1.54, 1.807) is 20.0 Å². The van der Waals surface area contributed by atoms with Crippen LogP contribution in [0.4, 0.5) is 13.2 Å². The van der Waals surface area contributed by atoms with Crippen molar-refractivity contribution >= 4 is 11.9 Å². The summed E-state index contributed by atoms with van der Waals surface area (Å²) in [4.78, 5) is 24.4. The van der Waals surface area contributed by atoms with Gasteiger partial charge >= 0.3 is 12.1 Å². The molecule has 0 fully saturated rings. The molecule has 1 amide bonds. The second kappa shape index (κ2) is 9.37. The van der Waals surface area contributed by atoms with Crippen LogP contribution < -0.4 is 5.32 Å². The topological polar surface area (TPSA) is 82.4 Å². The largest absolute Gasteiger partial charge is 0.465 e. The van der Waals surface area contributed by atoms with Crippen LogP contribution in [0.2, 0.25) is 0 Å². The molecule has 1 aromatic rings. The van der Waals surface area contributed by atoms with Crippen molar-refractivity contribution in [3.63, 3.8) is 0 Å². The Morgan fingerprint density at radius 3 is 2.22 bits per heavy atom. The first kappa shape index (κ1) is 22.4. The third kappa shape index (κ3) is 6.25. The molecule has 1 aromatic carbocycles. The molecule has 6 nitrogen and oxygen atoms in total. The van der Waals surface area contributed by atoms with Gasteiger partial charge in [0.2, 0.25) is 0 Å². The number of rotatable bonds is 7. The highest BCUT2D eigenvalue weighted by molar-refractivity contribution is 5.89. The molecule has 0 saturated carbocycles. The molecule has 27 heavy (non-hydrogen) atoms. The summed E-state index contributed by atoms with van der Waals surface area (Å²) in [6.07, 6.45) is -2.96. The summed E-state index contributed by atoms with van der Waals surface area (Å²) in [5, 5.41) is 11.2. The van der Waals surface area contributed by atoms with Crippen LogP contribution >= 0.6 is 0 Å². The van der Waals surface area contributed by atoms with Crippen molar-refractivity contribution in [3.05, 3.63) is 35.4 Å². The Kier molecular flexibility index (Phi) is 7.79. The maximum absolute atomic E-state index is 13.6. The Morgan fingerprint density at radius 2 is 1.81 bits per heavy atom. The van der Waals surface area contributed by atoms with Gasteiger partial charge in [0.15, 0.2) is 6.19 Å². The van der Waals surface area contributed by atoms with E-state index in [4.69, 9.17) is 5.26 Å². The Labute approximate surface area is 155 Å². The molecule has 0 aliphatic heterocycles. The van der Waals surface area contributed by atoms with Crippen LogP contribution in [0, 0.1) is 17.4 Å². The molecule has 0 heterocycles. The molecule has 0 spiro atoms. The van der Waals surface area contributed by atoms with Crippen LogP contribution in [0.25, 0.3) is 0 Å². The molecule has 148 valence electrons. The summed E-state index contributed by atoms with van der Waals surface area (Å²) < 4.78 is 45.4. The van der Waals surface area contributed by atoms with E-state index < -0.39 is 30.1 Å². The van der Waals surface area contributed by atoms with Gasteiger partial charge in [0, 0.05) is 7.05 Å². The highest BCUT2D eigenvalue weighted by Crippen LogP contribution is 2.34. The number of esters is 1. The fourth-order valence-electron chi connectivity index (χ4n) is 2.50. The Morgan fingerprint density at radius 1 is 1.26 bits per heavy atom. The van der Waals surface area contributed by atoms with Crippen molar-refractivity contribution < 1.29 is 27.5 Å². The molecule has 0 radical (unpaired) electrons. The standard InChI is InChI=1S/C18H22F3N3O3/c1-11(2)9-14(16(25)24(3)10-22)23-15(18(19,20)21)12-5-7-13(8-6-12)17(26)27-4/h5-8,11,14-15,23H,9H2,1-4H3. The van der Waals surface area contributed by atoms with E-state index in [0.717, 1.165) is 12.1 Å². The first-order valence-corrected chi connectivity index (χ1v) is 8.19. The van der Waals surface area contributed by atoms with E-state index >= 15 is 0 Å². The first-order valence-electron chi connectivity index (χ1n) is 8.19. The number of amides is 1. The number of ether oxygens (including phenoxy) is 1. The lowest BCUT2D eigenvalue weighted by atomic mass is 9.98. The van der Waals surface area contributed by atoms with Gasteiger partial charge in [-0.1, -0.05) is 26.0 Å². The number of hydrogen-bond acceptors (Lipinski definition) is 5. The number of alkyl halides is 3. The van der Waals surface area contributed by atoms with Crippen molar-refractivity contribution in [1.82, 2.24) is 10.2 Å². The number of carbonyl (C=O) groups excluding carboxylic acids is 2. The minimum absolute atomic E-state index is 0.0749. The molecule has 0 bridgehead atoms. The SMILES string of the molecule is COC(=O)c1ccc(C(NC(CC(C)C)C(=O)N(C)C#N)C(F)(F)F)cc1. The summed E-state index contributed by atoms with van der Waals surface area (Å²) in [7, 11) is 2.37. The summed E-state index contributed by atoms with van der Waals surface area (Å²) in [6, 6.07) is 1.43. The summed E-state index contributed by atoms with van der Waals surface area (Å²) in [6.45, 7) is 3.53. The zero-order valence-corrected chi connectivity index (χ0v) is 15.5. The molecular weight excluding hydrogens is 363 g/mol. The van der Waals surface area contributed by atoms with Gasteiger partial charge in [-0.15, -0.1) is 0 Å². The van der Waals surface area contributed by atoms with Gasteiger partial charge in [0.05, 0.1) is 18.7 Å². The van der Waals surface area contributed by atoms with Gasteiger partial charge in [-0.05, 0) is 30.0 Å². The predicted octanol–water partition coefficient (Wildman–Crippen LogP) is 3.02. The second-order valence-corrected chi connectivity index (χ2v) is 6.43. The van der Waals surface area contributed by atoms with Crippen LogP contribution in [0.3, 0.4) is 0 Å². The van der Waals surface area contributed by atoms with E-state index in [2.05, 4.69) is 10.1 Å². The van der Waals surface area contributed by atoms with Gasteiger partial charge in [0.25, 0.3) is 5.91 Å². The van der Waals surface area contributed by atoms with E-state index in [-0.39, 0.29) is 23.5 Å².